The Morgan fingerprint density at radius 1 is 1.44 bits per heavy atom. The molecule has 0 spiro atoms. The Hall–Kier alpha value is -1.29. The summed E-state index contributed by atoms with van der Waals surface area (Å²) in [5, 5.41) is 0. The predicted octanol–water partition coefficient (Wildman–Crippen LogP) is 2.93. The van der Waals surface area contributed by atoms with E-state index in [9.17, 15) is 13.6 Å². The van der Waals surface area contributed by atoms with Crippen LogP contribution in [0.5, 0.6) is 0 Å². The smallest absolute Gasteiger partial charge is 0.277 e. The third-order valence-corrected chi connectivity index (χ3v) is 3.54. The number of halogens is 2. The topological polar surface area (TPSA) is 20.3 Å². The van der Waals surface area contributed by atoms with Gasteiger partial charge in [0.15, 0.2) is 0 Å². The largest absolute Gasteiger partial charge is 0.306 e. The summed E-state index contributed by atoms with van der Waals surface area (Å²) >= 11 is 0. The van der Waals surface area contributed by atoms with E-state index in [1.165, 1.54) is 18.2 Å². The SMILES string of the molecule is CN1CCCC(C(F)(F)c2cccc(C=O)c2)C1. The first-order chi connectivity index (χ1) is 8.54. The van der Waals surface area contributed by atoms with E-state index in [4.69, 9.17) is 0 Å². The minimum atomic E-state index is -2.87. The first-order valence-electron chi connectivity index (χ1n) is 6.16. The Kier molecular flexibility index (Phi) is 3.76. The van der Waals surface area contributed by atoms with Crippen molar-refractivity contribution < 1.29 is 13.6 Å². The number of aldehydes is 1. The maximum atomic E-state index is 14.4. The van der Waals surface area contributed by atoms with Crippen molar-refractivity contribution in [1.82, 2.24) is 4.90 Å². The number of benzene rings is 1. The Labute approximate surface area is 106 Å². The average Bonchev–Trinajstić information content (AvgIpc) is 2.39. The van der Waals surface area contributed by atoms with Gasteiger partial charge in [0.1, 0.15) is 6.29 Å². The molecule has 0 radical (unpaired) electrons. The van der Waals surface area contributed by atoms with Gasteiger partial charge < -0.3 is 4.90 Å². The Morgan fingerprint density at radius 2 is 2.22 bits per heavy atom. The molecule has 0 bridgehead atoms. The molecule has 0 N–H and O–H groups in total. The van der Waals surface area contributed by atoms with Crippen molar-refractivity contribution in [2.24, 2.45) is 5.92 Å². The molecule has 1 unspecified atom stereocenters. The fraction of sp³-hybridized carbons (Fsp3) is 0.500. The summed E-state index contributed by atoms with van der Waals surface area (Å²) in [7, 11) is 1.87. The summed E-state index contributed by atoms with van der Waals surface area (Å²) in [5.41, 5.74) is 0.253. The van der Waals surface area contributed by atoms with Crippen molar-refractivity contribution in [1.29, 1.82) is 0 Å². The van der Waals surface area contributed by atoms with Crippen LogP contribution < -0.4 is 0 Å². The highest BCUT2D eigenvalue weighted by atomic mass is 19.3. The van der Waals surface area contributed by atoms with Crippen LogP contribution in [0.4, 0.5) is 8.78 Å². The number of carbonyl (C=O) groups excluding carboxylic acids is 1. The Morgan fingerprint density at radius 3 is 2.89 bits per heavy atom. The van der Waals surface area contributed by atoms with Gasteiger partial charge in [-0.3, -0.25) is 4.79 Å². The van der Waals surface area contributed by atoms with Crippen molar-refractivity contribution >= 4 is 6.29 Å². The number of piperidine rings is 1. The lowest BCUT2D eigenvalue weighted by atomic mass is 9.87. The summed E-state index contributed by atoms with van der Waals surface area (Å²) in [6.07, 6.45) is 1.93. The van der Waals surface area contributed by atoms with E-state index in [1.807, 2.05) is 11.9 Å². The van der Waals surface area contributed by atoms with Gasteiger partial charge in [0.05, 0.1) is 0 Å². The second kappa shape index (κ2) is 5.14. The molecule has 0 aliphatic carbocycles. The molecule has 1 aliphatic heterocycles. The molecule has 4 heteroatoms. The van der Waals surface area contributed by atoms with Gasteiger partial charge in [0, 0.05) is 23.6 Å². The summed E-state index contributed by atoms with van der Waals surface area (Å²) in [5.74, 6) is -3.54. The molecule has 0 aromatic heterocycles. The quantitative estimate of drug-likeness (QED) is 0.772. The van der Waals surface area contributed by atoms with Crippen LogP contribution >= 0.6 is 0 Å². The van der Waals surface area contributed by atoms with Crippen LogP contribution in [0.1, 0.15) is 28.8 Å². The van der Waals surface area contributed by atoms with E-state index in [2.05, 4.69) is 0 Å². The number of hydrogen-bond donors (Lipinski definition) is 0. The lowest BCUT2D eigenvalue weighted by Gasteiger charge is -2.35. The molecule has 1 fully saturated rings. The first kappa shape index (κ1) is 13.1. The molecule has 1 saturated heterocycles. The minimum Gasteiger partial charge on any atom is -0.306 e. The summed E-state index contributed by atoms with van der Waals surface area (Å²) in [4.78, 5) is 12.6. The number of nitrogens with zero attached hydrogens (tertiary/aromatic N) is 1. The Balaban J connectivity index is 2.25. The molecule has 0 amide bonds. The van der Waals surface area contributed by atoms with Crippen LogP contribution in [0.2, 0.25) is 0 Å². The van der Waals surface area contributed by atoms with Gasteiger partial charge in [-0.05, 0) is 32.5 Å². The van der Waals surface area contributed by atoms with Crippen molar-refractivity contribution in [3.8, 4) is 0 Å². The second-order valence-electron chi connectivity index (χ2n) is 4.97. The van der Waals surface area contributed by atoms with Gasteiger partial charge in [0.2, 0.25) is 0 Å². The van der Waals surface area contributed by atoms with Crippen molar-refractivity contribution in [3.63, 3.8) is 0 Å². The Bertz CT molecular complexity index is 434. The standard InChI is InChI=1S/C14H17F2NO/c1-17-7-3-6-13(9-17)14(15,16)12-5-2-4-11(8-12)10-18/h2,4-5,8,10,13H,3,6-7,9H2,1H3. The molecule has 98 valence electrons. The third kappa shape index (κ3) is 2.58. The van der Waals surface area contributed by atoms with Gasteiger partial charge in [-0.2, -0.15) is 0 Å². The van der Waals surface area contributed by atoms with Gasteiger partial charge in [-0.15, -0.1) is 0 Å². The van der Waals surface area contributed by atoms with Crippen molar-refractivity contribution in [3.05, 3.63) is 35.4 Å². The van der Waals surface area contributed by atoms with Crippen molar-refractivity contribution in [2.45, 2.75) is 18.8 Å². The molecular formula is C14H17F2NO. The minimum absolute atomic E-state index is 0.0487. The molecule has 0 saturated carbocycles. The van der Waals surface area contributed by atoms with Gasteiger partial charge in [-0.25, -0.2) is 8.78 Å². The fourth-order valence-corrected chi connectivity index (χ4v) is 2.52. The average molecular weight is 253 g/mol. The van der Waals surface area contributed by atoms with E-state index < -0.39 is 11.8 Å². The lowest BCUT2D eigenvalue weighted by molar-refractivity contribution is -0.0864. The molecule has 18 heavy (non-hydrogen) atoms. The normalized spacial score (nSPS) is 21.8. The van der Waals surface area contributed by atoms with Gasteiger partial charge >= 0.3 is 0 Å². The highest BCUT2D eigenvalue weighted by Gasteiger charge is 2.42. The maximum absolute atomic E-state index is 14.4. The second-order valence-corrected chi connectivity index (χ2v) is 4.97. The van der Waals surface area contributed by atoms with Crippen LogP contribution in [0.15, 0.2) is 24.3 Å². The van der Waals surface area contributed by atoms with E-state index >= 15 is 0 Å². The number of hydrogen-bond acceptors (Lipinski definition) is 2. The fourth-order valence-electron chi connectivity index (χ4n) is 2.52. The lowest BCUT2D eigenvalue weighted by Crippen LogP contribution is -2.40. The molecule has 1 atom stereocenters. The zero-order valence-corrected chi connectivity index (χ0v) is 10.4. The number of likely N-dealkylation sites (tertiary alicyclic amines) is 1. The molecule has 1 heterocycles. The molecular weight excluding hydrogens is 236 g/mol. The van der Waals surface area contributed by atoms with E-state index in [1.54, 1.807) is 6.07 Å². The highest BCUT2D eigenvalue weighted by molar-refractivity contribution is 5.75. The van der Waals surface area contributed by atoms with E-state index in [0.29, 0.717) is 24.8 Å². The highest BCUT2D eigenvalue weighted by Crippen LogP contribution is 2.40. The maximum Gasteiger partial charge on any atom is 0.277 e. The summed E-state index contributed by atoms with van der Waals surface area (Å²) in [6.45, 7) is 1.28. The number of alkyl halides is 2. The molecule has 1 aromatic rings. The number of rotatable bonds is 3. The van der Waals surface area contributed by atoms with Gasteiger partial charge in [0.25, 0.3) is 5.92 Å². The number of carbonyl (C=O) groups is 1. The third-order valence-electron chi connectivity index (χ3n) is 3.54. The molecule has 2 rings (SSSR count). The summed E-state index contributed by atoms with van der Waals surface area (Å²) < 4.78 is 28.8. The molecule has 2 nitrogen and oxygen atoms in total. The van der Waals surface area contributed by atoms with Crippen molar-refractivity contribution in [2.75, 3.05) is 20.1 Å². The van der Waals surface area contributed by atoms with Crippen LogP contribution in [0.25, 0.3) is 0 Å². The van der Waals surface area contributed by atoms with E-state index in [0.717, 1.165) is 13.0 Å². The van der Waals surface area contributed by atoms with Crippen LogP contribution in [-0.2, 0) is 5.92 Å². The monoisotopic (exact) mass is 253 g/mol. The first-order valence-corrected chi connectivity index (χ1v) is 6.16. The summed E-state index contributed by atoms with van der Waals surface area (Å²) in [6, 6.07) is 5.75. The van der Waals surface area contributed by atoms with Crippen LogP contribution in [0, 0.1) is 5.92 Å². The van der Waals surface area contributed by atoms with E-state index in [-0.39, 0.29) is 5.56 Å². The van der Waals surface area contributed by atoms with Crippen LogP contribution in [0.3, 0.4) is 0 Å². The van der Waals surface area contributed by atoms with Crippen LogP contribution in [-0.4, -0.2) is 31.3 Å². The van der Waals surface area contributed by atoms with Gasteiger partial charge in [-0.1, -0.05) is 18.2 Å². The molecule has 1 aliphatic rings. The zero-order valence-electron chi connectivity index (χ0n) is 10.4. The molecule has 1 aromatic carbocycles. The zero-order chi connectivity index (χ0) is 13.2. The predicted molar refractivity (Wildman–Crippen MR) is 65.9 cm³/mol.